The summed E-state index contributed by atoms with van der Waals surface area (Å²) in [6.45, 7) is 1.00. The van der Waals surface area contributed by atoms with Gasteiger partial charge in [0.05, 0.1) is 6.04 Å². The van der Waals surface area contributed by atoms with E-state index in [2.05, 4.69) is 10.6 Å². The van der Waals surface area contributed by atoms with Crippen LogP contribution < -0.4 is 10.6 Å². The number of piperidine rings is 1. The molecule has 0 radical (unpaired) electrons. The Balaban J connectivity index is 1.74. The molecule has 1 aliphatic heterocycles. The number of carbonyl (C=O) groups excluding carboxylic acids is 1. The molecule has 1 aliphatic carbocycles. The van der Waals surface area contributed by atoms with Gasteiger partial charge in [-0.15, -0.1) is 0 Å². The minimum atomic E-state index is 0.0840. The van der Waals surface area contributed by atoms with Gasteiger partial charge in [0.1, 0.15) is 0 Å². The van der Waals surface area contributed by atoms with Gasteiger partial charge >= 0.3 is 0 Å². The number of nitrogens with one attached hydrogen (secondary N) is 2. The molecule has 0 unspecified atom stereocenters. The number of hydrogen-bond acceptors (Lipinski definition) is 2. The Bertz CT molecular complexity index is 206. The number of carbonyl (C=O) groups is 1. The van der Waals surface area contributed by atoms with E-state index >= 15 is 0 Å². The highest BCUT2D eigenvalue weighted by molar-refractivity contribution is 5.82. The third kappa shape index (κ3) is 3.20. The standard InChI is InChI=1S/C12H22N2O/c15-12(11-8-4-5-9-13-11)14-10-6-2-1-3-7-10/h10-11,13H,1-9H2,(H,14,15)/t11-/m0/s1. The van der Waals surface area contributed by atoms with Gasteiger partial charge in [-0.1, -0.05) is 25.7 Å². The van der Waals surface area contributed by atoms with Crippen molar-refractivity contribution in [3.63, 3.8) is 0 Å². The van der Waals surface area contributed by atoms with Crippen molar-refractivity contribution in [3.05, 3.63) is 0 Å². The van der Waals surface area contributed by atoms with Crippen molar-refractivity contribution in [3.8, 4) is 0 Å². The normalized spacial score (nSPS) is 28.7. The van der Waals surface area contributed by atoms with Crippen LogP contribution in [0.15, 0.2) is 0 Å². The van der Waals surface area contributed by atoms with E-state index in [4.69, 9.17) is 0 Å². The predicted molar refractivity (Wildman–Crippen MR) is 60.7 cm³/mol. The monoisotopic (exact) mass is 210 g/mol. The molecule has 1 saturated carbocycles. The molecule has 3 heteroatoms. The van der Waals surface area contributed by atoms with Crippen molar-refractivity contribution in [2.24, 2.45) is 0 Å². The lowest BCUT2D eigenvalue weighted by Gasteiger charge is -2.27. The summed E-state index contributed by atoms with van der Waals surface area (Å²) in [5.74, 6) is 0.238. The van der Waals surface area contributed by atoms with Crippen molar-refractivity contribution < 1.29 is 4.79 Å². The Morgan fingerprint density at radius 2 is 1.73 bits per heavy atom. The second kappa shape index (κ2) is 5.50. The molecule has 3 nitrogen and oxygen atoms in total. The minimum Gasteiger partial charge on any atom is -0.352 e. The molecule has 2 aliphatic rings. The number of amides is 1. The van der Waals surface area contributed by atoms with Gasteiger partial charge in [0.2, 0.25) is 5.91 Å². The molecule has 1 atom stereocenters. The molecule has 1 heterocycles. The van der Waals surface area contributed by atoms with Crippen LogP contribution in [-0.2, 0) is 4.79 Å². The SMILES string of the molecule is O=C(NC1CCCCC1)[C@@H]1CCCCN1. The van der Waals surface area contributed by atoms with Crippen LogP contribution in [0.3, 0.4) is 0 Å². The topological polar surface area (TPSA) is 41.1 Å². The van der Waals surface area contributed by atoms with Crippen LogP contribution in [0.5, 0.6) is 0 Å². The van der Waals surface area contributed by atoms with Gasteiger partial charge in [0, 0.05) is 6.04 Å². The Kier molecular flexibility index (Phi) is 4.01. The average Bonchev–Trinajstić information content (AvgIpc) is 2.31. The summed E-state index contributed by atoms with van der Waals surface area (Å²) >= 11 is 0. The lowest BCUT2D eigenvalue weighted by molar-refractivity contribution is -0.124. The molecule has 1 saturated heterocycles. The van der Waals surface area contributed by atoms with Gasteiger partial charge in [-0.05, 0) is 32.2 Å². The molecule has 0 aromatic rings. The van der Waals surface area contributed by atoms with E-state index in [-0.39, 0.29) is 11.9 Å². The maximum atomic E-state index is 11.9. The van der Waals surface area contributed by atoms with Crippen LogP contribution in [0.1, 0.15) is 51.4 Å². The summed E-state index contributed by atoms with van der Waals surface area (Å²) in [5, 5.41) is 6.48. The maximum Gasteiger partial charge on any atom is 0.237 e. The smallest absolute Gasteiger partial charge is 0.237 e. The van der Waals surface area contributed by atoms with Crippen molar-refractivity contribution in [1.29, 1.82) is 0 Å². The molecular weight excluding hydrogens is 188 g/mol. The third-order valence-electron chi connectivity index (χ3n) is 3.58. The first kappa shape index (κ1) is 10.9. The Morgan fingerprint density at radius 3 is 2.40 bits per heavy atom. The average molecular weight is 210 g/mol. The Labute approximate surface area is 92.0 Å². The van der Waals surface area contributed by atoms with E-state index in [1.807, 2.05) is 0 Å². The zero-order valence-electron chi connectivity index (χ0n) is 9.43. The molecule has 0 spiro atoms. The highest BCUT2D eigenvalue weighted by atomic mass is 16.2. The highest BCUT2D eigenvalue weighted by Crippen LogP contribution is 2.18. The van der Waals surface area contributed by atoms with Gasteiger partial charge in [0.25, 0.3) is 0 Å². The van der Waals surface area contributed by atoms with Crippen molar-refractivity contribution >= 4 is 5.91 Å². The van der Waals surface area contributed by atoms with Crippen molar-refractivity contribution in [2.75, 3.05) is 6.54 Å². The maximum absolute atomic E-state index is 11.9. The van der Waals surface area contributed by atoms with E-state index in [1.165, 1.54) is 44.9 Å². The van der Waals surface area contributed by atoms with Crippen LogP contribution in [0, 0.1) is 0 Å². The fraction of sp³-hybridized carbons (Fsp3) is 0.917. The van der Waals surface area contributed by atoms with Crippen LogP contribution in [0.2, 0.25) is 0 Å². The minimum absolute atomic E-state index is 0.0840. The summed E-state index contributed by atoms with van der Waals surface area (Å²) in [7, 11) is 0. The second-order valence-electron chi connectivity index (χ2n) is 4.85. The molecule has 0 aromatic carbocycles. The summed E-state index contributed by atoms with van der Waals surface area (Å²) < 4.78 is 0. The number of rotatable bonds is 2. The van der Waals surface area contributed by atoms with Crippen LogP contribution in [-0.4, -0.2) is 24.5 Å². The van der Waals surface area contributed by atoms with Gasteiger partial charge in [-0.25, -0.2) is 0 Å². The predicted octanol–water partition coefficient (Wildman–Crippen LogP) is 1.58. The number of hydrogen-bond donors (Lipinski definition) is 2. The zero-order chi connectivity index (χ0) is 10.5. The lowest BCUT2D eigenvalue weighted by Crippen LogP contribution is -2.49. The molecule has 0 bridgehead atoms. The van der Waals surface area contributed by atoms with Crippen molar-refractivity contribution in [1.82, 2.24) is 10.6 Å². The largest absolute Gasteiger partial charge is 0.352 e. The third-order valence-corrected chi connectivity index (χ3v) is 3.58. The quantitative estimate of drug-likeness (QED) is 0.726. The molecule has 2 N–H and O–H groups in total. The van der Waals surface area contributed by atoms with Crippen LogP contribution in [0.4, 0.5) is 0 Å². The Hall–Kier alpha value is -0.570. The zero-order valence-corrected chi connectivity index (χ0v) is 9.43. The van der Waals surface area contributed by atoms with E-state index in [9.17, 15) is 4.79 Å². The molecule has 15 heavy (non-hydrogen) atoms. The first-order valence-electron chi connectivity index (χ1n) is 6.40. The van der Waals surface area contributed by atoms with E-state index < -0.39 is 0 Å². The van der Waals surface area contributed by atoms with Crippen LogP contribution in [0.25, 0.3) is 0 Å². The van der Waals surface area contributed by atoms with Crippen molar-refractivity contribution in [2.45, 2.75) is 63.5 Å². The lowest BCUT2D eigenvalue weighted by atomic mass is 9.95. The molecule has 2 rings (SSSR count). The van der Waals surface area contributed by atoms with E-state index in [0.717, 1.165) is 13.0 Å². The molecule has 0 aromatic heterocycles. The summed E-state index contributed by atoms with van der Waals surface area (Å²) in [4.78, 5) is 11.9. The summed E-state index contributed by atoms with van der Waals surface area (Å²) in [6.07, 6.45) is 9.68. The highest BCUT2D eigenvalue weighted by Gasteiger charge is 2.23. The summed E-state index contributed by atoms with van der Waals surface area (Å²) in [6, 6.07) is 0.538. The molecule has 1 amide bonds. The van der Waals surface area contributed by atoms with Gasteiger partial charge < -0.3 is 10.6 Å². The molecule has 86 valence electrons. The first-order chi connectivity index (χ1) is 7.36. The van der Waals surface area contributed by atoms with Gasteiger partial charge in [0.15, 0.2) is 0 Å². The second-order valence-corrected chi connectivity index (χ2v) is 4.85. The summed E-state index contributed by atoms with van der Waals surface area (Å²) in [5.41, 5.74) is 0. The van der Waals surface area contributed by atoms with Gasteiger partial charge in [-0.2, -0.15) is 0 Å². The fourth-order valence-corrected chi connectivity index (χ4v) is 2.62. The van der Waals surface area contributed by atoms with Crippen LogP contribution >= 0.6 is 0 Å². The Morgan fingerprint density at radius 1 is 1.00 bits per heavy atom. The molecular formula is C12H22N2O. The molecule has 2 fully saturated rings. The first-order valence-corrected chi connectivity index (χ1v) is 6.40. The fourth-order valence-electron chi connectivity index (χ4n) is 2.62. The van der Waals surface area contributed by atoms with E-state index in [1.54, 1.807) is 0 Å². The van der Waals surface area contributed by atoms with E-state index in [0.29, 0.717) is 6.04 Å². The van der Waals surface area contributed by atoms with Gasteiger partial charge in [-0.3, -0.25) is 4.79 Å².